The summed E-state index contributed by atoms with van der Waals surface area (Å²) in [5.41, 5.74) is 1.81. The molecule has 1 aliphatic heterocycles. The van der Waals surface area contributed by atoms with Crippen LogP contribution in [0.15, 0.2) is 52.1 Å². The van der Waals surface area contributed by atoms with Crippen molar-refractivity contribution in [3.63, 3.8) is 0 Å². The second-order valence-corrected chi connectivity index (χ2v) is 5.94. The molecule has 0 saturated carbocycles. The van der Waals surface area contributed by atoms with Gasteiger partial charge >= 0.3 is 0 Å². The van der Waals surface area contributed by atoms with E-state index in [1.807, 2.05) is 42.5 Å². The van der Waals surface area contributed by atoms with Crippen molar-refractivity contribution in [3.05, 3.63) is 58.1 Å². The number of ether oxygens (including phenoxy) is 2. The van der Waals surface area contributed by atoms with Crippen molar-refractivity contribution in [3.8, 4) is 11.5 Å². The average molecular weight is 391 g/mol. The molecule has 0 saturated heterocycles. The zero-order valence-corrected chi connectivity index (χ0v) is 14.3. The summed E-state index contributed by atoms with van der Waals surface area (Å²) in [5, 5.41) is 6.53. The molecule has 0 unspecified atom stereocenters. The van der Waals surface area contributed by atoms with Crippen molar-refractivity contribution in [1.29, 1.82) is 0 Å². The van der Waals surface area contributed by atoms with Gasteiger partial charge < -0.3 is 19.6 Å². The Hall–Kier alpha value is -2.54. The first kappa shape index (κ1) is 16.3. The topological polar surface area (TPSA) is 69.2 Å². The van der Waals surface area contributed by atoms with Gasteiger partial charge in [-0.05, 0) is 35.4 Å². The van der Waals surface area contributed by atoms with Crippen LogP contribution in [0.25, 0.3) is 0 Å². The number of amides is 1. The summed E-state index contributed by atoms with van der Waals surface area (Å²) in [7, 11) is 0. The lowest BCUT2D eigenvalue weighted by molar-refractivity contribution is -0.125. The Labute approximate surface area is 147 Å². The summed E-state index contributed by atoms with van der Waals surface area (Å²) in [6.07, 6.45) is 1.55. The zero-order valence-electron chi connectivity index (χ0n) is 12.7. The Bertz CT molecular complexity index is 747. The highest BCUT2D eigenvalue weighted by molar-refractivity contribution is 9.10. The highest BCUT2D eigenvalue weighted by Gasteiger charge is 2.13. The number of carbonyl (C=O) groups excluding carboxylic acids is 1. The van der Waals surface area contributed by atoms with Crippen molar-refractivity contribution in [2.75, 3.05) is 13.4 Å². The van der Waals surface area contributed by atoms with Crippen LogP contribution in [0.2, 0.25) is 0 Å². The zero-order chi connectivity index (χ0) is 16.8. The predicted octanol–water partition coefficient (Wildman–Crippen LogP) is 2.84. The monoisotopic (exact) mass is 390 g/mol. The molecule has 124 valence electrons. The maximum atomic E-state index is 11.7. The van der Waals surface area contributed by atoms with E-state index in [0.717, 1.165) is 21.3 Å². The van der Waals surface area contributed by atoms with E-state index in [4.69, 9.17) is 14.3 Å². The largest absolute Gasteiger partial charge is 0.454 e. The van der Waals surface area contributed by atoms with Gasteiger partial charge in [0.2, 0.25) is 6.79 Å². The molecule has 1 heterocycles. The van der Waals surface area contributed by atoms with Crippen LogP contribution in [0.1, 0.15) is 11.1 Å². The van der Waals surface area contributed by atoms with E-state index < -0.39 is 0 Å². The predicted molar refractivity (Wildman–Crippen MR) is 92.1 cm³/mol. The molecule has 2 aromatic rings. The number of rotatable bonds is 6. The van der Waals surface area contributed by atoms with Gasteiger partial charge in [0.25, 0.3) is 5.91 Å². The van der Waals surface area contributed by atoms with Gasteiger partial charge in [0.15, 0.2) is 18.1 Å². The molecule has 7 heteroatoms. The van der Waals surface area contributed by atoms with Crippen molar-refractivity contribution in [2.24, 2.45) is 5.16 Å². The first-order chi connectivity index (χ1) is 11.7. The number of fused-ring (bicyclic) bond motifs is 1. The summed E-state index contributed by atoms with van der Waals surface area (Å²) in [6, 6.07) is 13.1. The van der Waals surface area contributed by atoms with Gasteiger partial charge in [0.1, 0.15) is 0 Å². The van der Waals surface area contributed by atoms with Crippen LogP contribution >= 0.6 is 15.9 Å². The summed E-state index contributed by atoms with van der Waals surface area (Å²) < 4.78 is 11.5. The molecule has 1 aliphatic rings. The third-order valence-electron chi connectivity index (χ3n) is 3.27. The third kappa shape index (κ3) is 4.48. The molecule has 0 fully saturated rings. The Morgan fingerprint density at radius 3 is 2.83 bits per heavy atom. The molecule has 0 bridgehead atoms. The molecule has 0 aliphatic carbocycles. The lowest BCUT2D eigenvalue weighted by atomic mass is 10.2. The SMILES string of the molecule is O=C(CO/N=C\c1ccc(Br)cc1)NCc1ccc2c(c1)OCO2. The Morgan fingerprint density at radius 1 is 1.21 bits per heavy atom. The number of halogens is 1. The van der Waals surface area contributed by atoms with Gasteiger partial charge in [-0.1, -0.05) is 39.3 Å². The van der Waals surface area contributed by atoms with Gasteiger partial charge in [-0.15, -0.1) is 0 Å². The molecule has 24 heavy (non-hydrogen) atoms. The molecule has 0 atom stereocenters. The van der Waals surface area contributed by atoms with E-state index in [1.165, 1.54) is 0 Å². The second kappa shape index (κ2) is 7.83. The molecule has 3 rings (SSSR count). The van der Waals surface area contributed by atoms with Crippen LogP contribution in [0.3, 0.4) is 0 Å². The molecule has 2 aromatic carbocycles. The van der Waals surface area contributed by atoms with Gasteiger partial charge in [-0.2, -0.15) is 0 Å². The number of benzene rings is 2. The van der Waals surface area contributed by atoms with Crippen LogP contribution in [0.4, 0.5) is 0 Å². The number of nitrogens with one attached hydrogen (secondary N) is 1. The molecule has 1 amide bonds. The van der Waals surface area contributed by atoms with Crippen molar-refractivity contribution in [2.45, 2.75) is 6.54 Å². The van der Waals surface area contributed by atoms with Crippen LogP contribution in [-0.4, -0.2) is 25.5 Å². The van der Waals surface area contributed by atoms with E-state index in [1.54, 1.807) is 6.21 Å². The molecular weight excluding hydrogens is 376 g/mol. The normalized spacial score (nSPS) is 12.4. The van der Waals surface area contributed by atoms with Crippen molar-refractivity contribution < 1.29 is 19.1 Å². The van der Waals surface area contributed by atoms with Gasteiger partial charge in [-0.25, -0.2) is 0 Å². The van der Waals surface area contributed by atoms with E-state index >= 15 is 0 Å². The fourth-order valence-electron chi connectivity index (χ4n) is 2.05. The highest BCUT2D eigenvalue weighted by atomic mass is 79.9. The van der Waals surface area contributed by atoms with Gasteiger partial charge in [0.05, 0.1) is 6.21 Å². The molecule has 0 radical (unpaired) electrons. The molecule has 0 aromatic heterocycles. The quantitative estimate of drug-likeness (QED) is 0.608. The minimum absolute atomic E-state index is 0.141. The Balaban J connectivity index is 1.40. The first-order valence-corrected chi connectivity index (χ1v) is 8.06. The van der Waals surface area contributed by atoms with E-state index in [2.05, 4.69) is 26.4 Å². The smallest absolute Gasteiger partial charge is 0.261 e. The average Bonchev–Trinajstić information content (AvgIpc) is 3.06. The second-order valence-electron chi connectivity index (χ2n) is 5.02. The fraction of sp³-hybridized carbons (Fsp3) is 0.176. The minimum Gasteiger partial charge on any atom is -0.454 e. The number of carbonyl (C=O) groups is 1. The Kier molecular flexibility index (Phi) is 5.32. The fourth-order valence-corrected chi connectivity index (χ4v) is 2.31. The number of oxime groups is 1. The standard InChI is InChI=1S/C17H15BrN2O4/c18-14-4-1-12(2-5-14)9-20-24-10-17(21)19-8-13-3-6-15-16(7-13)23-11-22-15/h1-7,9H,8,10-11H2,(H,19,21)/b20-9-. The molecule has 1 N–H and O–H groups in total. The maximum Gasteiger partial charge on any atom is 0.261 e. The van der Waals surface area contributed by atoms with E-state index in [-0.39, 0.29) is 19.3 Å². The van der Waals surface area contributed by atoms with Gasteiger partial charge in [-0.3, -0.25) is 4.79 Å². The molecule has 6 nitrogen and oxygen atoms in total. The highest BCUT2D eigenvalue weighted by Crippen LogP contribution is 2.32. The minimum atomic E-state index is -0.249. The Morgan fingerprint density at radius 2 is 2.00 bits per heavy atom. The van der Waals surface area contributed by atoms with E-state index in [9.17, 15) is 4.79 Å². The summed E-state index contributed by atoms with van der Waals surface area (Å²) >= 11 is 3.36. The first-order valence-electron chi connectivity index (χ1n) is 7.27. The number of hydrogen-bond donors (Lipinski definition) is 1. The lowest BCUT2D eigenvalue weighted by Crippen LogP contribution is -2.26. The summed E-state index contributed by atoms with van der Waals surface area (Å²) in [6.45, 7) is 0.474. The van der Waals surface area contributed by atoms with Crippen molar-refractivity contribution in [1.82, 2.24) is 5.32 Å². The van der Waals surface area contributed by atoms with Crippen LogP contribution in [-0.2, 0) is 16.2 Å². The summed E-state index contributed by atoms with van der Waals surface area (Å²) in [4.78, 5) is 16.7. The van der Waals surface area contributed by atoms with Crippen LogP contribution < -0.4 is 14.8 Å². The summed E-state index contributed by atoms with van der Waals surface area (Å²) in [5.74, 6) is 1.16. The van der Waals surface area contributed by atoms with Gasteiger partial charge in [0, 0.05) is 11.0 Å². The number of nitrogens with zero attached hydrogens (tertiary/aromatic N) is 1. The van der Waals surface area contributed by atoms with E-state index in [0.29, 0.717) is 12.3 Å². The molecule has 0 spiro atoms. The number of hydrogen-bond acceptors (Lipinski definition) is 5. The van der Waals surface area contributed by atoms with Crippen LogP contribution in [0.5, 0.6) is 11.5 Å². The van der Waals surface area contributed by atoms with Crippen LogP contribution in [0, 0.1) is 0 Å². The third-order valence-corrected chi connectivity index (χ3v) is 3.80. The maximum absolute atomic E-state index is 11.7. The lowest BCUT2D eigenvalue weighted by Gasteiger charge is -2.05. The molecular formula is C17H15BrN2O4. The van der Waals surface area contributed by atoms with Crippen molar-refractivity contribution >= 4 is 28.1 Å².